The number of fused-ring (bicyclic) bond motifs is 1. The van der Waals surface area contributed by atoms with Crippen LogP contribution in [0.3, 0.4) is 0 Å². The number of carbonyl (C=O) groups excluding carboxylic acids is 2. The van der Waals surface area contributed by atoms with Crippen molar-refractivity contribution in [3.8, 4) is 0 Å². The Morgan fingerprint density at radius 3 is 2.65 bits per heavy atom. The molecule has 1 fully saturated rings. The van der Waals surface area contributed by atoms with Crippen LogP contribution in [0.2, 0.25) is 0 Å². The Morgan fingerprint density at radius 2 is 1.88 bits per heavy atom. The molecule has 1 heterocycles. The van der Waals surface area contributed by atoms with Crippen molar-refractivity contribution in [3.63, 3.8) is 0 Å². The molecule has 1 aliphatic carbocycles. The number of nitrogens with one attached hydrogen (secondary N) is 1. The molecule has 0 saturated carbocycles. The highest BCUT2D eigenvalue weighted by molar-refractivity contribution is 6.10. The Balaban J connectivity index is 2.18. The van der Waals surface area contributed by atoms with E-state index in [9.17, 15) is 9.59 Å². The maximum Gasteiger partial charge on any atom is 0.238 e. The zero-order valence-electron chi connectivity index (χ0n) is 9.35. The predicted molar refractivity (Wildman–Crippen MR) is 63.1 cm³/mol. The summed E-state index contributed by atoms with van der Waals surface area (Å²) < 4.78 is 0. The Labute approximate surface area is 99.5 Å². The molecule has 3 rings (SSSR count). The summed E-state index contributed by atoms with van der Waals surface area (Å²) in [5.41, 5.74) is 0.269. The fourth-order valence-electron chi connectivity index (χ4n) is 2.92. The molecule has 0 spiro atoms. The van der Waals surface area contributed by atoms with Crippen molar-refractivity contribution in [1.29, 1.82) is 0 Å². The van der Waals surface area contributed by atoms with Crippen LogP contribution in [-0.4, -0.2) is 11.8 Å². The van der Waals surface area contributed by atoms with Gasteiger partial charge in [-0.3, -0.25) is 14.9 Å². The van der Waals surface area contributed by atoms with Crippen molar-refractivity contribution in [1.82, 2.24) is 5.32 Å². The summed E-state index contributed by atoms with van der Waals surface area (Å²) in [7, 11) is 0. The number of hydrogen-bond acceptors (Lipinski definition) is 2. The van der Waals surface area contributed by atoms with Gasteiger partial charge in [0.15, 0.2) is 0 Å². The van der Waals surface area contributed by atoms with Crippen molar-refractivity contribution in [2.75, 3.05) is 0 Å². The van der Waals surface area contributed by atoms with Crippen LogP contribution in [0, 0.1) is 5.92 Å². The average Bonchev–Trinajstić information content (AvgIpc) is 2.64. The van der Waals surface area contributed by atoms with Gasteiger partial charge in [-0.1, -0.05) is 42.5 Å². The van der Waals surface area contributed by atoms with E-state index < -0.39 is 5.41 Å². The molecule has 2 atom stereocenters. The van der Waals surface area contributed by atoms with Gasteiger partial charge in [0, 0.05) is 0 Å². The first-order valence-electron chi connectivity index (χ1n) is 5.81. The summed E-state index contributed by atoms with van der Waals surface area (Å²) in [6.07, 6.45) is 5.25. The van der Waals surface area contributed by atoms with E-state index in [1.165, 1.54) is 0 Å². The third-order valence-corrected chi connectivity index (χ3v) is 3.82. The highest BCUT2D eigenvalue weighted by Gasteiger charge is 2.55. The van der Waals surface area contributed by atoms with Gasteiger partial charge in [-0.15, -0.1) is 0 Å². The van der Waals surface area contributed by atoms with Gasteiger partial charge in [0.25, 0.3) is 0 Å². The Bertz CT molecular complexity index is 506. The minimum Gasteiger partial charge on any atom is -0.295 e. The van der Waals surface area contributed by atoms with Crippen LogP contribution in [-0.2, 0) is 15.0 Å². The molecule has 1 saturated heterocycles. The van der Waals surface area contributed by atoms with Crippen molar-refractivity contribution in [2.24, 2.45) is 5.92 Å². The zero-order valence-corrected chi connectivity index (χ0v) is 9.35. The second kappa shape index (κ2) is 3.55. The number of benzene rings is 1. The van der Waals surface area contributed by atoms with E-state index in [1.807, 2.05) is 42.5 Å². The van der Waals surface area contributed by atoms with Gasteiger partial charge in [-0.2, -0.15) is 0 Å². The maximum absolute atomic E-state index is 12.2. The monoisotopic (exact) mass is 227 g/mol. The molecule has 17 heavy (non-hydrogen) atoms. The number of amides is 2. The second-order valence-corrected chi connectivity index (χ2v) is 4.62. The maximum atomic E-state index is 12.2. The van der Waals surface area contributed by atoms with Gasteiger partial charge >= 0.3 is 0 Å². The predicted octanol–water partition coefficient (Wildman–Crippen LogP) is 1.55. The third kappa shape index (κ3) is 1.28. The first-order chi connectivity index (χ1) is 8.25. The van der Waals surface area contributed by atoms with Crippen LogP contribution in [0.1, 0.15) is 18.4 Å². The molecule has 1 aromatic rings. The van der Waals surface area contributed by atoms with E-state index in [4.69, 9.17) is 0 Å². The minimum atomic E-state index is -0.674. The van der Waals surface area contributed by atoms with E-state index in [-0.39, 0.29) is 17.7 Å². The number of carbonyl (C=O) groups is 2. The molecule has 2 unspecified atom stereocenters. The number of hydrogen-bond donors (Lipinski definition) is 1. The number of imide groups is 1. The Morgan fingerprint density at radius 1 is 1.12 bits per heavy atom. The zero-order chi connectivity index (χ0) is 11.9. The topological polar surface area (TPSA) is 46.2 Å². The van der Waals surface area contributed by atoms with Crippen LogP contribution in [0.15, 0.2) is 42.5 Å². The van der Waals surface area contributed by atoms with Crippen LogP contribution < -0.4 is 5.32 Å². The van der Waals surface area contributed by atoms with Crippen molar-refractivity contribution in [2.45, 2.75) is 18.3 Å². The van der Waals surface area contributed by atoms with Crippen LogP contribution in [0.5, 0.6) is 0 Å². The molecule has 3 heteroatoms. The van der Waals surface area contributed by atoms with Crippen LogP contribution in [0.4, 0.5) is 0 Å². The van der Waals surface area contributed by atoms with Gasteiger partial charge < -0.3 is 0 Å². The molecular formula is C14H13NO2. The largest absolute Gasteiger partial charge is 0.295 e. The summed E-state index contributed by atoms with van der Waals surface area (Å²) in [5.74, 6) is -0.534. The lowest BCUT2D eigenvalue weighted by Crippen LogP contribution is -2.40. The average molecular weight is 227 g/mol. The normalized spacial score (nSPS) is 31.2. The summed E-state index contributed by atoms with van der Waals surface area (Å²) >= 11 is 0. The molecule has 1 aliphatic heterocycles. The standard InChI is InChI=1S/C14H13NO2/c16-12-11-8-4-5-9-14(11,13(17)15-12)10-6-2-1-3-7-10/h1-7,11H,8-9H2,(H,15,16,17). The lowest BCUT2D eigenvalue weighted by molar-refractivity contribution is -0.126. The van der Waals surface area contributed by atoms with Gasteiger partial charge in [0.05, 0.1) is 11.3 Å². The summed E-state index contributed by atoms with van der Waals surface area (Å²) in [5, 5.41) is 2.48. The third-order valence-electron chi connectivity index (χ3n) is 3.82. The van der Waals surface area contributed by atoms with E-state index >= 15 is 0 Å². The summed E-state index contributed by atoms with van der Waals surface area (Å²) in [4.78, 5) is 24.0. The Hall–Kier alpha value is -1.90. The minimum absolute atomic E-state index is 0.136. The fraction of sp³-hybridized carbons (Fsp3) is 0.286. The first kappa shape index (κ1) is 10.3. The van der Waals surface area contributed by atoms with Crippen molar-refractivity contribution < 1.29 is 9.59 Å². The van der Waals surface area contributed by atoms with Crippen LogP contribution in [0.25, 0.3) is 0 Å². The van der Waals surface area contributed by atoms with E-state index in [1.54, 1.807) is 0 Å². The smallest absolute Gasteiger partial charge is 0.238 e. The fourth-order valence-corrected chi connectivity index (χ4v) is 2.92. The molecule has 2 amide bonds. The molecule has 0 aromatic heterocycles. The van der Waals surface area contributed by atoms with E-state index in [0.717, 1.165) is 5.56 Å². The second-order valence-electron chi connectivity index (χ2n) is 4.62. The molecule has 1 aromatic carbocycles. The molecular weight excluding hydrogens is 214 g/mol. The Kier molecular flexibility index (Phi) is 2.15. The molecule has 0 radical (unpaired) electrons. The SMILES string of the molecule is O=C1NC(=O)C2(c3ccccc3)CC=CCC12. The van der Waals surface area contributed by atoms with Gasteiger partial charge in [0.2, 0.25) is 11.8 Å². The lowest BCUT2D eigenvalue weighted by Gasteiger charge is -2.32. The molecule has 3 nitrogen and oxygen atoms in total. The lowest BCUT2D eigenvalue weighted by atomic mass is 9.66. The van der Waals surface area contributed by atoms with Gasteiger partial charge in [-0.25, -0.2) is 0 Å². The van der Waals surface area contributed by atoms with Gasteiger partial charge in [0.1, 0.15) is 0 Å². The van der Waals surface area contributed by atoms with Crippen molar-refractivity contribution in [3.05, 3.63) is 48.0 Å². The first-order valence-corrected chi connectivity index (χ1v) is 5.81. The van der Waals surface area contributed by atoms with E-state index in [2.05, 4.69) is 5.32 Å². The summed E-state index contributed by atoms with van der Waals surface area (Å²) in [6.45, 7) is 0. The number of rotatable bonds is 1. The van der Waals surface area contributed by atoms with Crippen LogP contribution >= 0.6 is 0 Å². The molecule has 1 N–H and O–H groups in total. The van der Waals surface area contributed by atoms with E-state index in [0.29, 0.717) is 12.8 Å². The number of allylic oxidation sites excluding steroid dienone is 2. The molecule has 86 valence electrons. The summed E-state index contributed by atoms with van der Waals surface area (Å²) in [6, 6.07) is 9.61. The highest BCUT2D eigenvalue weighted by Crippen LogP contribution is 2.44. The quantitative estimate of drug-likeness (QED) is 0.584. The molecule has 0 bridgehead atoms. The van der Waals surface area contributed by atoms with Crippen molar-refractivity contribution >= 4 is 11.8 Å². The molecule has 2 aliphatic rings. The van der Waals surface area contributed by atoms with Gasteiger partial charge in [-0.05, 0) is 18.4 Å². The highest BCUT2D eigenvalue weighted by atomic mass is 16.2.